The van der Waals surface area contributed by atoms with Crippen molar-refractivity contribution >= 4 is 0 Å². The fourth-order valence-electron chi connectivity index (χ4n) is 1.11. The highest BCUT2D eigenvalue weighted by Gasteiger charge is 2.39. The average molecular weight is 170 g/mol. The number of aliphatic hydroxyl groups is 1. The Morgan fingerprint density at radius 3 is 2.27 bits per heavy atom. The third kappa shape index (κ3) is 2.67. The van der Waals surface area contributed by atoms with Crippen LogP contribution < -0.4 is 0 Å². The van der Waals surface area contributed by atoms with Crippen LogP contribution in [0.4, 0.5) is 13.2 Å². The zero-order valence-electron chi connectivity index (χ0n) is 5.77. The molecular formula is C6H9F3O2. The molecule has 5 heteroatoms. The van der Waals surface area contributed by atoms with Gasteiger partial charge in [-0.2, -0.15) is 0 Å². The van der Waals surface area contributed by atoms with E-state index in [0.717, 1.165) is 0 Å². The van der Waals surface area contributed by atoms with Gasteiger partial charge in [-0.05, 0) is 18.8 Å². The molecule has 1 aliphatic carbocycles. The maximum Gasteiger partial charge on any atom is 0.522 e. The Morgan fingerprint density at radius 1 is 1.36 bits per heavy atom. The van der Waals surface area contributed by atoms with Gasteiger partial charge in [-0.1, -0.05) is 0 Å². The number of alkyl halides is 3. The largest absolute Gasteiger partial charge is 0.522 e. The quantitative estimate of drug-likeness (QED) is 0.676. The summed E-state index contributed by atoms with van der Waals surface area (Å²) >= 11 is 0. The zero-order chi connectivity index (χ0) is 8.48. The molecule has 66 valence electrons. The smallest absolute Gasteiger partial charge is 0.396 e. The number of aliphatic hydroxyl groups excluding tert-OH is 1. The second-order valence-corrected chi connectivity index (χ2v) is 2.71. The van der Waals surface area contributed by atoms with Crippen molar-refractivity contribution in [2.75, 3.05) is 6.61 Å². The van der Waals surface area contributed by atoms with E-state index < -0.39 is 12.5 Å². The van der Waals surface area contributed by atoms with E-state index in [1.807, 2.05) is 0 Å². The summed E-state index contributed by atoms with van der Waals surface area (Å²) in [6, 6.07) is 0. The van der Waals surface area contributed by atoms with Crippen molar-refractivity contribution < 1.29 is 23.0 Å². The van der Waals surface area contributed by atoms with Crippen molar-refractivity contribution in [1.29, 1.82) is 0 Å². The molecule has 0 heterocycles. The van der Waals surface area contributed by atoms with E-state index in [2.05, 4.69) is 4.74 Å². The Hall–Kier alpha value is -0.290. The van der Waals surface area contributed by atoms with Crippen LogP contribution in [-0.4, -0.2) is 24.2 Å². The van der Waals surface area contributed by atoms with Crippen molar-refractivity contribution in [3.63, 3.8) is 0 Å². The van der Waals surface area contributed by atoms with Gasteiger partial charge in [-0.15, -0.1) is 13.2 Å². The SMILES string of the molecule is OCC1CC(OC(F)(F)F)C1. The van der Waals surface area contributed by atoms with E-state index in [1.54, 1.807) is 0 Å². The summed E-state index contributed by atoms with van der Waals surface area (Å²) in [6.45, 7) is -0.0439. The van der Waals surface area contributed by atoms with Crippen LogP contribution in [0.15, 0.2) is 0 Å². The van der Waals surface area contributed by atoms with Crippen molar-refractivity contribution in [2.45, 2.75) is 25.3 Å². The van der Waals surface area contributed by atoms with E-state index >= 15 is 0 Å². The molecule has 1 N–H and O–H groups in total. The lowest BCUT2D eigenvalue weighted by Gasteiger charge is -2.33. The lowest BCUT2D eigenvalue weighted by molar-refractivity contribution is -0.354. The van der Waals surface area contributed by atoms with Crippen LogP contribution >= 0.6 is 0 Å². The first-order valence-corrected chi connectivity index (χ1v) is 3.36. The second kappa shape index (κ2) is 2.98. The maximum absolute atomic E-state index is 11.5. The zero-order valence-corrected chi connectivity index (χ0v) is 5.77. The summed E-state index contributed by atoms with van der Waals surface area (Å²) in [5.74, 6) is 0.00218. The summed E-state index contributed by atoms with van der Waals surface area (Å²) in [6.07, 6.45) is -4.62. The molecule has 0 bridgehead atoms. The van der Waals surface area contributed by atoms with E-state index in [-0.39, 0.29) is 12.5 Å². The Kier molecular flexibility index (Phi) is 2.39. The number of halogens is 3. The fraction of sp³-hybridized carbons (Fsp3) is 1.00. The molecule has 2 nitrogen and oxygen atoms in total. The number of hydrogen-bond donors (Lipinski definition) is 1. The van der Waals surface area contributed by atoms with Gasteiger partial charge in [0.25, 0.3) is 0 Å². The highest BCUT2D eigenvalue weighted by Crippen LogP contribution is 2.34. The molecule has 0 saturated heterocycles. The monoisotopic (exact) mass is 170 g/mol. The lowest BCUT2D eigenvalue weighted by Crippen LogP contribution is -2.37. The highest BCUT2D eigenvalue weighted by molar-refractivity contribution is 4.79. The van der Waals surface area contributed by atoms with E-state index in [1.165, 1.54) is 0 Å². The van der Waals surface area contributed by atoms with Crippen LogP contribution in [-0.2, 0) is 4.74 Å². The predicted molar refractivity (Wildman–Crippen MR) is 30.7 cm³/mol. The summed E-state index contributed by atoms with van der Waals surface area (Å²) in [5, 5.41) is 8.47. The minimum absolute atomic E-state index is 0.00218. The Morgan fingerprint density at radius 2 is 1.91 bits per heavy atom. The third-order valence-corrected chi connectivity index (χ3v) is 1.75. The number of hydrogen-bond acceptors (Lipinski definition) is 2. The minimum Gasteiger partial charge on any atom is -0.396 e. The Balaban J connectivity index is 2.14. The molecule has 0 unspecified atom stereocenters. The van der Waals surface area contributed by atoms with E-state index in [9.17, 15) is 13.2 Å². The summed E-state index contributed by atoms with van der Waals surface area (Å²) in [4.78, 5) is 0. The topological polar surface area (TPSA) is 29.5 Å². The molecule has 11 heavy (non-hydrogen) atoms. The standard InChI is InChI=1S/C6H9F3O2/c7-6(8,9)11-5-1-4(2-5)3-10/h4-5,10H,1-3H2. The van der Waals surface area contributed by atoms with Crippen LogP contribution in [0.3, 0.4) is 0 Å². The van der Waals surface area contributed by atoms with Gasteiger partial charge in [0.05, 0.1) is 6.10 Å². The first-order chi connectivity index (χ1) is 5.01. The second-order valence-electron chi connectivity index (χ2n) is 2.71. The molecule has 0 aromatic carbocycles. The number of ether oxygens (including phenoxy) is 1. The average Bonchev–Trinajstić information content (AvgIpc) is 1.75. The van der Waals surface area contributed by atoms with Crippen LogP contribution in [0, 0.1) is 5.92 Å². The minimum atomic E-state index is -4.52. The molecule has 0 radical (unpaired) electrons. The molecule has 0 atom stereocenters. The Bertz CT molecular complexity index is 128. The van der Waals surface area contributed by atoms with Gasteiger partial charge in [0.2, 0.25) is 0 Å². The van der Waals surface area contributed by atoms with Gasteiger partial charge in [0.1, 0.15) is 0 Å². The van der Waals surface area contributed by atoms with Gasteiger partial charge in [0.15, 0.2) is 0 Å². The molecule has 1 rings (SSSR count). The molecule has 0 aromatic rings. The molecule has 1 fully saturated rings. The maximum atomic E-state index is 11.5. The molecule has 1 aliphatic rings. The first kappa shape index (κ1) is 8.80. The highest BCUT2D eigenvalue weighted by atomic mass is 19.4. The molecule has 0 amide bonds. The first-order valence-electron chi connectivity index (χ1n) is 3.36. The fourth-order valence-corrected chi connectivity index (χ4v) is 1.11. The van der Waals surface area contributed by atoms with Crippen molar-refractivity contribution in [3.05, 3.63) is 0 Å². The summed E-state index contributed by atoms with van der Waals surface area (Å²) in [7, 11) is 0. The Labute approximate surface area is 62.0 Å². The molecular weight excluding hydrogens is 161 g/mol. The summed E-state index contributed by atoms with van der Waals surface area (Å²) < 4.78 is 38.1. The normalized spacial score (nSPS) is 31.6. The van der Waals surface area contributed by atoms with Crippen LogP contribution in [0.25, 0.3) is 0 Å². The molecule has 0 spiro atoms. The van der Waals surface area contributed by atoms with E-state index in [4.69, 9.17) is 5.11 Å². The van der Waals surface area contributed by atoms with Gasteiger partial charge in [-0.3, -0.25) is 4.74 Å². The van der Waals surface area contributed by atoms with Crippen LogP contribution in [0.1, 0.15) is 12.8 Å². The van der Waals surface area contributed by atoms with E-state index in [0.29, 0.717) is 12.8 Å². The van der Waals surface area contributed by atoms with Crippen molar-refractivity contribution in [1.82, 2.24) is 0 Å². The molecule has 0 aromatic heterocycles. The van der Waals surface area contributed by atoms with Gasteiger partial charge in [-0.25, -0.2) is 0 Å². The van der Waals surface area contributed by atoms with Crippen LogP contribution in [0.5, 0.6) is 0 Å². The summed E-state index contributed by atoms with van der Waals surface area (Å²) in [5.41, 5.74) is 0. The molecule has 0 aliphatic heterocycles. The van der Waals surface area contributed by atoms with Crippen molar-refractivity contribution in [2.24, 2.45) is 5.92 Å². The lowest BCUT2D eigenvalue weighted by atomic mass is 9.83. The van der Waals surface area contributed by atoms with Crippen LogP contribution in [0.2, 0.25) is 0 Å². The van der Waals surface area contributed by atoms with Crippen molar-refractivity contribution in [3.8, 4) is 0 Å². The van der Waals surface area contributed by atoms with Gasteiger partial charge in [0, 0.05) is 6.61 Å². The van der Waals surface area contributed by atoms with Gasteiger partial charge < -0.3 is 5.11 Å². The third-order valence-electron chi connectivity index (χ3n) is 1.75. The van der Waals surface area contributed by atoms with Gasteiger partial charge >= 0.3 is 6.36 Å². The molecule has 1 saturated carbocycles. The predicted octanol–water partition coefficient (Wildman–Crippen LogP) is 1.29. The number of rotatable bonds is 2.